The van der Waals surface area contributed by atoms with Gasteiger partial charge >= 0.3 is 0 Å². The SMILES string of the molecule is Cl.O=C1C[C@H](c2ccccc2)CN1C[C@]1(O)CCNCC12CCCC2. The van der Waals surface area contributed by atoms with Gasteiger partial charge in [0, 0.05) is 30.8 Å². The van der Waals surface area contributed by atoms with E-state index in [-0.39, 0.29) is 29.6 Å². The summed E-state index contributed by atoms with van der Waals surface area (Å²) in [6.07, 6.45) is 5.90. The number of nitrogens with one attached hydrogen (secondary N) is 1. The van der Waals surface area contributed by atoms with Crippen molar-refractivity contribution in [3.63, 3.8) is 0 Å². The van der Waals surface area contributed by atoms with E-state index in [2.05, 4.69) is 17.4 Å². The van der Waals surface area contributed by atoms with Crippen molar-refractivity contribution >= 4 is 18.3 Å². The molecule has 1 aliphatic carbocycles. The van der Waals surface area contributed by atoms with Crippen LogP contribution in [0.2, 0.25) is 0 Å². The first kappa shape index (κ1) is 18.7. The predicted molar refractivity (Wildman–Crippen MR) is 101 cm³/mol. The van der Waals surface area contributed by atoms with Gasteiger partial charge in [-0.1, -0.05) is 43.2 Å². The van der Waals surface area contributed by atoms with Crippen molar-refractivity contribution in [3.8, 4) is 0 Å². The fourth-order valence-electron chi connectivity index (χ4n) is 5.18. The number of carbonyl (C=O) groups is 1. The largest absolute Gasteiger partial charge is 0.387 e. The Morgan fingerprint density at radius 3 is 2.60 bits per heavy atom. The van der Waals surface area contributed by atoms with Crippen LogP contribution in [0.25, 0.3) is 0 Å². The van der Waals surface area contributed by atoms with Crippen LogP contribution in [0.4, 0.5) is 0 Å². The molecule has 2 heterocycles. The lowest BCUT2D eigenvalue weighted by Gasteiger charge is -2.50. The van der Waals surface area contributed by atoms with Crippen LogP contribution in [-0.2, 0) is 4.79 Å². The van der Waals surface area contributed by atoms with E-state index in [4.69, 9.17) is 0 Å². The molecule has 1 saturated carbocycles. The summed E-state index contributed by atoms with van der Waals surface area (Å²) in [4.78, 5) is 14.5. The third-order valence-electron chi connectivity index (χ3n) is 6.66. The number of benzene rings is 1. The van der Waals surface area contributed by atoms with Crippen molar-refractivity contribution in [3.05, 3.63) is 35.9 Å². The molecule has 2 aliphatic heterocycles. The molecule has 2 atom stereocenters. The van der Waals surface area contributed by atoms with Crippen molar-refractivity contribution in [1.29, 1.82) is 0 Å². The maximum Gasteiger partial charge on any atom is 0.223 e. The third kappa shape index (κ3) is 3.32. The quantitative estimate of drug-likeness (QED) is 0.867. The molecule has 0 aromatic heterocycles. The number of amides is 1. The monoisotopic (exact) mass is 364 g/mol. The molecule has 4 nitrogen and oxygen atoms in total. The first-order valence-corrected chi connectivity index (χ1v) is 9.38. The van der Waals surface area contributed by atoms with Crippen molar-refractivity contribution in [1.82, 2.24) is 10.2 Å². The van der Waals surface area contributed by atoms with E-state index in [1.165, 1.54) is 18.4 Å². The minimum absolute atomic E-state index is 0. The second kappa shape index (κ2) is 7.26. The van der Waals surface area contributed by atoms with Gasteiger partial charge in [0.1, 0.15) is 0 Å². The standard InChI is InChI=1S/C20H28N2O2.ClH/c23-18-12-17(16-6-2-1-3-7-16)13-22(18)15-20(24)10-11-21-14-19(20)8-4-5-9-19;/h1-3,6-7,17,21,24H,4-5,8-15H2;1H/t17-,20+;/m0./s1. The van der Waals surface area contributed by atoms with E-state index in [0.717, 1.165) is 38.9 Å². The van der Waals surface area contributed by atoms with Crippen LogP contribution in [0.5, 0.6) is 0 Å². The molecule has 1 aromatic rings. The number of nitrogens with zero attached hydrogens (tertiary/aromatic N) is 1. The fourth-order valence-corrected chi connectivity index (χ4v) is 5.18. The first-order valence-electron chi connectivity index (χ1n) is 9.38. The summed E-state index contributed by atoms with van der Waals surface area (Å²) in [7, 11) is 0. The maximum atomic E-state index is 12.6. The van der Waals surface area contributed by atoms with E-state index in [9.17, 15) is 9.90 Å². The summed E-state index contributed by atoms with van der Waals surface area (Å²) in [5.74, 6) is 0.465. The molecule has 3 aliphatic rings. The van der Waals surface area contributed by atoms with E-state index < -0.39 is 5.60 Å². The number of piperidine rings is 1. The molecule has 0 unspecified atom stereocenters. The van der Waals surface area contributed by atoms with Gasteiger partial charge in [-0.05, 0) is 31.4 Å². The average Bonchev–Trinajstić information content (AvgIpc) is 3.20. The molecule has 138 valence electrons. The summed E-state index contributed by atoms with van der Waals surface area (Å²) in [5, 5.41) is 15.0. The van der Waals surface area contributed by atoms with Gasteiger partial charge in [-0.3, -0.25) is 4.79 Å². The third-order valence-corrected chi connectivity index (χ3v) is 6.66. The normalized spacial score (nSPS) is 31.3. The minimum Gasteiger partial charge on any atom is -0.387 e. The smallest absolute Gasteiger partial charge is 0.223 e. The highest BCUT2D eigenvalue weighted by atomic mass is 35.5. The zero-order valence-corrected chi connectivity index (χ0v) is 15.6. The lowest BCUT2D eigenvalue weighted by molar-refractivity contribution is -0.143. The van der Waals surface area contributed by atoms with E-state index in [1.807, 2.05) is 23.1 Å². The highest BCUT2D eigenvalue weighted by molar-refractivity contribution is 5.85. The molecule has 5 heteroatoms. The molecule has 1 spiro atoms. The molecule has 3 fully saturated rings. The zero-order chi connectivity index (χ0) is 16.6. The molecular formula is C20H29ClN2O2. The van der Waals surface area contributed by atoms with E-state index in [1.54, 1.807) is 0 Å². The Bertz CT molecular complexity index is 603. The summed E-state index contributed by atoms with van der Waals surface area (Å²) in [5.41, 5.74) is 0.480. The fraction of sp³-hybridized carbons (Fsp3) is 0.650. The molecule has 25 heavy (non-hydrogen) atoms. The number of β-amino-alcohol motifs (C(OH)–C–C–N with tert-alkyl or cyclic N) is 1. The van der Waals surface area contributed by atoms with Crippen molar-refractivity contribution in [2.45, 2.75) is 50.0 Å². The second-order valence-electron chi connectivity index (χ2n) is 8.03. The topological polar surface area (TPSA) is 52.6 Å². The maximum absolute atomic E-state index is 12.6. The summed E-state index contributed by atoms with van der Waals surface area (Å²) >= 11 is 0. The van der Waals surface area contributed by atoms with Crippen LogP contribution < -0.4 is 5.32 Å². The van der Waals surface area contributed by atoms with Crippen LogP contribution >= 0.6 is 12.4 Å². The lowest BCUT2D eigenvalue weighted by Crippen LogP contribution is -2.62. The van der Waals surface area contributed by atoms with Crippen molar-refractivity contribution in [2.24, 2.45) is 5.41 Å². The Hall–Kier alpha value is -1.10. The Morgan fingerprint density at radius 2 is 1.88 bits per heavy atom. The van der Waals surface area contributed by atoms with Gasteiger partial charge in [0.25, 0.3) is 0 Å². The number of likely N-dealkylation sites (tertiary alicyclic amines) is 1. The van der Waals surface area contributed by atoms with Crippen LogP contribution in [0.1, 0.15) is 50.0 Å². The summed E-state index contributed by atoms with van der Waals surface area (Å²) < 4.78 is 0. The Morgan fingerprint density at radius 1 is 1.16 bits per heavy atom. The number of carbonyl (C=O) groups excluding carboxylic acids is 1. The Kier molecular flexibility index (Phi) is 5.42. The molecule has 1 amide bonds. The highest BCUT2D eigenvalue weighted by Crippen LogP contribution is 2.50. The molecule has 0 bridgehead atoms. The van der Waals surface area contributed by atoms with Gasteiger partial charge in [0.15, 0.2) is 0 Å². The van der Waals surface area contributed by atoms with Gasteiger partial charge < -0.3 is 15.3 Å². The number of aliphatic hydroxyl groups is 1. The lowest BCUT2D eigenvalue weighted by atomic mass is 9.66. The molecule has 2 saturated heterocycles. The van der Waals surface area contributed by atoms with Crippen molar-refractivity contribution < 1.29 is 9.90 Å². The van der Waals surface area contributed by atoms with Crippen molar-refractivity contribution in [2.75, 3.05) is 26.2 Å². The van der Waals surface area contributed by atoms with Crippen LogP contribution in [0.3, 0.4) is 0 Å². The van der Waals surface area contributed by atoms with Gasteiger partial charge in [-0.25, -0.2) is 0 Å². The minimum atomic E-state index is -0.726. The van der Waals surface area contributed by atoms with Crippen LogP contribution in [-0.4, -0.2) is 47.7 Å². The average molecular weight is 365 g/mol. The molecule has 4 rings (SSSR count). The van der Waals surface area contributed by atoms with Gasteiger partial charge in [0.05, 0.1) is 12.1 Å². The number of rotatable bonds is 3. The van der Waals surface area contributed by atoms with Gasteiger partial charge in [-0.15, -0.1) is 12.4 Å². The number of hydrogen-bond acceptors (Lipinski definition) is 3. The summed E-state index contributed by atoms with van der Waals surface area (Å²) in [6, 6.07) is 10.3. The van der Waals surface area contributed by atoms with Crippen LogP contribution in [0, 0.1) is 5.41 Å². The Balaban J connectivity index is 0.00000182. The van der Waals surface area contributed by atoms with E-state index in [0.29, 0.717) is 13.0 Å². The number of hydrogen-bond donors (Lipinski definition) is 2. The second-order valence-corrected chi connectivity index (χ2v) is 8.03. The highest BCUT2D eigenvalue weighted by Gasteiger charge is 2.54. The van der Waals surface area contributed by atoms with E-state index >= 15 is 0 Å². The molecule has 0 radical (unpaired) electrons. The first-order chi connectivity index (χ1) is 11.6. The predicted octanol–water partition coefficient (Wildman–Crippen LogP) is 2.71. The molecular weight excluding hydrogens is 336 g/mol. The summed E-state index contributed by atoms with van der Waals surface area (Å²) in [6.45, 7) is 3.00. The molecule has 1 aromatic carbocycles. The van der Waals surface area contributed by atoms with Gasteiger partial charge in [-0.2, -0.15) is 0 Å². The van der Waals surface area contributed by atoms with Crippen LogP contribution in [0.15, 0.2) is 30.3 Å². The zero-order valence-electron chi connectivity index (χ0n) is 14.7. The van der Waals surface area contributed by atoms with Gasteiger partial charge in [0.2, 0.25) is 5.91 Å². The Labute approximate surface area is 156 Å². The molecule has 2 N–H and O–H groups in total. The number of halogens is 1.